The second-order valence-corrected chi connectivity index (χ2v) is 3.14. The van der Waals surface area contributed by atoms with Crippen LogP contribution in [0.5, 0.6) is 11.5 Å². The first-order valence-electron chi connectivity index (χ1n) is 3.80. The second kappa shape index (κ2) is 4.50. The Hall–Kier alpha value is -0.980. The van der Waals surface area contributed by atoms with Crippen molar-refractivity contribution in [2.45, 2.75) is 6.92 Å². The number of aryl methyl sites for hydroxylation is 1. The Bertz CT molecular complexity index is 362. The van der Waals surface area contributed by atoms with E-state index in [4.69, 9.17) is 12.9 Å². The lowest BCUT2D eigenvalue weighted by Gasteiger charge is -2.08. The fourth-order valence-electron chi connectivity index (χ4n) is 1.12. The summed E-state index contributed by atoms with van der Waals surface area (Å²) in [6.45, 7) is 1.77. The fourth-order valence-corrected chi connectivity index (χ4v) is 1.70. The van der Waals surface area contributed by atoms with Crippen LogP contribution < -0.4 is 7.80 Å². The number of carbonyl (C=O) groups is 1. The van der Waals surface area contributed by atoms with E-state index in [0.29, 0.717) is 11.5 Å². The lowest BCUT2D eigenvalue weighted by molar-refractivity contribution is 0.0695. The summed E-state index contributed by atoms with van der Waals surface area (Å²) in [6.07, 6.45) is 0. The zero-order chi connectivity index (χ0) is 10.7. The van der Waals surface area contributed by atoms with Gasteiger partial charge in [-0.05, 0) is 24.6 Å². The fraction of sp³-hybridized carbons (Fsp3) is 0.222. The SMILES string of the molecule is COc1cc(C)c(OI)c(C(=O)O)c1. The Kier molecular flexibility index (Phi) is 3.56. The molecule has 0 heterocycles. The summed E-state index contributed by atoms with van der Waals surface area (Å²) in [6, 6.07) is 3.16. The molecular weight excluding hydrogens is 299 g/mol. The van der Waals surface area contributed by atoms with E-state index < -0.39 is 5.97 Å². The van der Waals surface area contributed by atoms with Crippen molar-refractivity contribution in [3.8, 4) is 11.5 Å². The van der Waals surface area contributed by atoms with Crippen LogP contribution in [0.2, 0.25) is 0 Å². The van der Waals surface area contributed by atoms with Crippen molar-refractivity contribution in [2.75, 3.05) is 7.11 Å². The molecule has 0 aliphatic rings. The van der Waals surface area contributed by atoms with E-state index in [0.717, 1.165) is 5.56 Å². The van der Waals surface area contributed by atoms with Gasteiger partial charge in [0, 0.05) is 0 Å². The minimum absolute atomic E-state index is 0.108. The van der Waals surface area contributed by atoms with Crippen molar-refractivity contribution in [1.82, 2.24) is 0 Å². The molecule has 1 N–H and O–H groups in total. The van der Waals surface area contributed by atoms with Crippen LogP contribution in [0.15, 0.2) is 12.1 Å². The predicted molar refractivity (Wildman–Crippen MR) is 59.3 cm³/mol. The van der Waals surface area contributed by atoms with E-state index >= 15 is 0 Å². The van der Waals surface area contributed by atoms with Gasteiger partial charge in [-0.2, -0.15) is 0 Å². The molecule has 0 aliphatic carbocycles. The molecule has 0 atom stereocenters. The standard InChI is InChI=1S/C9H9IO4/c1-5-3-6(13-2)4-7(9(11)12)8(5)14-10/h3-4H,1-2H3,(H,11,12). The molecule has 76 valence electrons. The van der Waals surface area contributed by atoms with Crippen LogP contribution in [0.4, 0.5) is 0 Å². The highest BCUT2D eigenvalue weighted by molar-refractivity contribution is 14.1. The van der Waals surface area contributed by atoms with E-state index in [1.165, 1.54) is 13.2 Å². The van der Waals surface area contributed by atoms with Gasteiger partial charge >= 0.3 is 5.97 Å². The third-order valence-corrected chi connectivity index (χ3v) is 2.23. The molecule has 0 saturated heterocycles. The zero-order valence-corrected chi connectivity index (χ0v) is 9.86. The number of rotatable bonds is 3. The van der Waals surface area contributed by atoms with E-state index in [1.54, 1.807) is 36.0 Å². The zero-order valence-electron chi connectivity index (χ0n) is 7.70. The molecule has 0 aliphatic heterocycles. The Morgan fingerprint density at radius 3 is 2.57 bits per heavy atom. The summed E-state index contributed by atoms with van der Waals surface area (Å²) in [4.78, 5) is 10.9. The van der Waals surface area contributed by atoms with Gasteiger partial charge < -0.3 is 12.9 Å². The molecule has 1 aromatic rings. The summed E-state index contributed by atoms with van der Waals surface area (Å²) in [5.74, 6) is -0.158. The highest BCUT2D eigenvalue weighted by Gasteiger charge is 2.15. The van der Waals surface area contributed by atoms with Crippen LogP contribution in [0, 0.1) is 6.92 Å². The molecule has 0 bridgehead atoms. The maximum absolute atomic E-state index is 10.9. The smallest absolute Gasteiger partial charge is 0.339 e. The first-order chi connectivity index (χ1) is 6.60. The monoisotopic (exact) mass is 308 g/mol. The summed E-state index contributed by atoms with van der Waals surface area (Å²) >= 11 is 1.66. The van der Waals surface area contributed by atoms with Gasteiger partial charge in [0.1, 0.15) is 11.3 Å². The lowest BCUT2D eigenvalue weighted by Crippen LogP contribution is -2.01. The molecule has 0 aromatic heterocycles. The van der Waals surface area contributed by atoms with E-state index in [2.05, 4.69) is 0 Å². The number of carboxylic acids is 1. The van der Waals surface area contributed by atoms with Gasteiger partial charge in [-0.15, -0.1) is 0 Å². The third-order valence-electron chi connectivity index (χ3n) is 1.79. The molecule has 4 nitrogen and oxygen atoms in total. The van der Waals surface area contributed by atoms with Crippen LogP contribution in [0.25, 0.3) is 0 Å². The molecule has 1 rings (SSSR count). The van der Waals surface area contributed by atoms with Crippen molar-refractivity contribution in [3.05, 3.63) is 23.3 Å². The highest BCUT2D eigenvalue weighted by Crippen LogP contribution is 2.30. The van der Waals surface area contributed by atoms with Crippen molar-refractivity contribution in [2.24, 2.45) is 0 Å². The molecule has 0 unspecified atom stereocenters. The second-order valence-electron chi connectivity index (χ2n) is 2.70. The lowest BCUT2D eigenvalue weighted by atomic mass is 10.1. The minimum atomic E-state index is -1.03. The summed E-state index contributed by atoms with van der Waals surface area (Å²) in [5.41, 5.74) is 0.840. The van der Waals surface area contributed by atoms with Crippen molar-refractivity contribution >= 4 is 29.0 Å². The molecular formula is C9H9IO4. The van der Waals surface area contributed by atoms with E-state index in [1.807, 2.05) is 0 Å². The van der Waals surface area contributed by atoms with Gasteiger partial charge in [-0.3, -0.25) is 0 Å². The molecule has 0 saturated carbocycles. The Morgan fingerprint density at radius 2 is 2.14 bits per heavy atom. The molecule has 0 fully saturated rings. The minimum Gasteiger partial charge on any atom is -0.497 e. The molecule has 14 heavy (non-hydrogen) atoms. The predicted octanol–water partition coefficient (Wildman–Crippen LogP) is 2.43. The number of hydrogen-bond donors (Lipinski definition) is 1. The quantitative estimate of drug-likeness (QED) is 0.871. The normalized spacial score (nSPS) is 9.64. The van der Waals surface area contributed by atoms with E-state index in [-0.39, 0.29) is 5.56 Å². The Morgan fingerprint density at radius 1 is 1.50 bits per heavy atom. The average Bonchev–Trinajstić information content (AvgIpc) is 2.16. The Balaban J connectivity index is 3.35. The molecule has 0 spiro atoms. The van der Waals surface area contributed by atoms with Gasteiger partial charge in [-0.1, -0.05) is 0 Å². The average molecular weight is 308 g/mol. The number of halogens is 1. The molecule has 0 radical (unpaired) electrons. The van der Waals surface area contributed by atoms with Gasteiger partial charge in [-0.25, -0.2) is 4.79 Å². The van der Waals surface area contributed by atoms with Gasteiger partial charge in [0.25, 0.3) is 0 Å². The summed E-state index contributed by atoms with van der Waals surface area (Å²) < 4.78 is 9.93. The van der Waals surface area contributed by atoms with Crippen LogP contribution in [-0.4, -0.2) is 18.2 Å². The number of benzene rings is 1. The number of methoxy groups -OCH3 is 1. The maximum atomic E-state index is 10.9. The first kappa shape index (κ1) is 11.1. The molecule has 5 heteroatoms. The van der Waals surface area contributed by atoms with Crippen molar-refractivity contribution in [3.63, 3.8) is 0 Å². The number of hydrogen-bond acceptors (Lipinski definition) is 3. The topological polar surface area (TPSA) is 55.8 Å². The van der Waals surface area contributed by atoms with Crippen LogP contribution in [0.3, 0.4) is 0 Å². The molecule has 0 amide bonds. The number of ether oxygens (including phenoxy) is 1. The summed E-state index contributed by atoms with van der Waals surface area (Å²) in [5, 5.41) is 8.90. The van der Waals surface area contributed by atoms with E-state index in [9.17, 15) is 4.79 Å². The van der Waals surface area contributed by atoms with Gasteiger partial charge in [0.15, 0.2) is 28.8 Å². The number of carboxylic acid groups (broad SMARTS) is 1. The maximum Gasteiger partial charge on any atom is 0.339 e. The van der Waals surface area contributed by atoms with Gasteiger partial charge in [0.05, 0.1) is 7.11 Å². The number of aromatic carboxylic acids is 1. The van der Waals surface area contributed by atoms with Crippen LogP contribution in [-0.2, 0) is 0 Å². The van der Waals surface area contributed by atoms with Crippen LogP contribution in [0.1, 0.15) is 15.9 Å². The third kappa shape index (κ3) is 2.09. The Labute approximate surface area is 95.5 Å². The largest absolute Gasteiger partial charge is 0.497 e. The van der Waals surface area contributed by atoms with Gasteiger partial charge in [0.2, 0.25) is 0 Å². The van der Waals surface area contributed by atoms with Crippen molar-refractivity contribution in [1.29, 1.82) is 0 Å². The van der Waals surface area contributed by atoms with Crippen LogP contribution >= 0.6 is 23.0 Å². The summed E-state index contributed by atoms with van der Waals surface area (Å²) in [7, 11) is 1.49. The highest BCUT2D eigenvalue weighted by atomic mass is 127. The molecule has 1 aromatic carbocycles. The van der Waals surface area contributed by atoms with Crippen molar-refractivity contribution < 1.29 is 17.7 Å². The first-order valence-corrected chi connectivity index (χ1v) is 4.68.